The smallest absolute Gasteiger partial charge is 0.307 e. The van der Waals surface area contributed by atoms with Crippen molar-refractivity contribution in [1.29, 1.82) is 0 Å². The van der Waals surface area contributed by atoms with Crippen LogP contribution in [0.1, 0.15) is 54.5 Å². The van der Waals surface area contributed by atoms with E-state index in [2.05, 4.69) is 62.7 Å². The summed E-state index contributed by atoms with van der Waals surface area (Å²) in [5, 5.41) is 9.60. The van der Waals surface area contributed by atoms with Crippen LogP contribution in [0.4, 0.5) is 5.95 Å². The van der Waals surface area contributed by atoms with E-state index >= 15 is 0 Å². The highest BCUT2D eigenvalue weighted by atomic mass is 16.5. The second-order valence-corrected chi connectivity index (χ2v) is 10.7. The third kappa shape index (κ3) is 3.54. The number of aryl methyl sites for hydroxylation is 1. The average molecular weight is 496 g/mol. The lowest BCUT2D eigenvalue weighted by atomic mass is 9.85. The molecule has 5 atom stereocenters. The van der Waals surface area contributed by atoms with Gasteiger partial charge in [0.25, 0.3) is 0 Å². The fourth-order valence-electron chi connectivity index (χ4n) is 6.77. The van der Waals surface area contributed by atoms with Crippen molar-refractivity contribution in [1.82, 2.24) is 19.4 Å². The van der Waals surface area contributed by atoms with Crippen molar-refractivity contribution in [2.45, 2.75) is 38.9 Å². The Bertz CT molecular complexity index is 1500. The summed E-state index contributed by atoms with van der Waals surface area (Å²) < 4.78 is 8.54. The summed E-state index contributed by atoms with van der Waals surface area (Å²) in [6, 6.07) is 12.5. The molecule has 2 fully saturated rings. The molecule has 1 aliphatic carbocycles. The molecule has 0 amide bonds. The molecule has 1 saturated carbocycles. The Morgan fingerprint density at radius 2 is 1.70 bits per heavy atom. The van der Waals surface area contributed by atoms with Crippen LogP contribution in [0.2, 0.25) is 0 Å². The maximum atomic E-state index is 11.7. The maximum absolute atomic E-state index is 11.7. The van der Waals surface area contributed by atoms with Crippen LogP contribution in [0.25, 0.3) is 16.8 Å². The van der Waals surface area contributed by atoms with Crippen LogP contribution in [0.5, 0.6) is 0 Å². The van der Waals surface area contributed by atoms with Gasteiger partial charge < -0.3 is 19.1 Å². The standard InChI is InChI=1S/C29H29N5O3/c1-16-26(27-23-6-4-3-5-22(23)17(2)37-27)34-15-18(9-10-24(34)32-16)21-11-30-29(31-12-21)33-13-19-7-8-20(14-33)25(19)28(35)36/h3-6,9-12,15,17,19-20,25,27H,7-8,13-14H2,1-2H3,(H,35,36)/t17-,19-,20+,25?,27?/m0/s1. The highest BCUT2D eigenvalue weighted by Gasteiger charge is 2.46. The monoisotopic (exact) mass is 495 g/mol. The van der Waals surface area contributed by atoms with Gasteiger partial charge in [0.15, 0.2) is 0 Å². The Hall–Kier alpha value is -3.78. The van der Waals surface area contributed by atoms with Gasteiger partial charge in [-0.25, -0.2) is 15.0 Å². The summed E-state index contributed by atoms with van der Waals surface area (Å²) in [4.78, 5) is 28.0. The van der Waals surface area contributed by atoms with Crippen molar-refractivity contribution in [2.24, 2.45) is 17.8 Å². The number of carboxylic acid groups (broad SMARTS) is 1. The van der Waals surface area contributed by atoms with Crippen molar-refractivity contribution in [3.05, 3.63) is 77.5 Å². The van der Waals surface area contributed by atoms with E-state index in [0.717, 1.165) is 41.0 Å². The van der Waals surface area contributed by atoms with Crippen LogP contribution in [-0.2, 0) is 9.53 Å². The minimum Gasteiger partial charge on any atom is -0.481 e. The number of carbonyl (C=O) groups is 1. The number of piperidine rings is 1. The van der Waals surface area contributed by atoms with Crippen LogP contribution in [-0.4, -0.2) is 43.5 Å². The molecule has 1 aromatic carbocycles. The van der Waals surface area contributed by atoms with Crippen molar-refractivity contribution in [2.75, 3.05) is 18.0 Å². The van der Waals surface area contributed by atoms with Crippen molar-refractivity contribution >= 4 is 17.6 Å². The number of benzene rings is 1. The molecule has 188 valence electrons. The van der Waals surface area contributed by atoms with Crippen molar-refractivity contribution in [3.8, 4) is 11.1 Å². The minimum absolute atomic E-state index is 0.0334. The summed E-state index contributed by atoms with van der Waals surface area (Å²) in [6.45, 7) is 5.54. The SMILES string of the molecule is Cc1nc2ccc(-c3cnc(N4C[C@H]5CC[C@@H](C4)C5C(=O)O)nc3)cn2c1C1O[C@@H](C)c2ccccc21. The number of hydrogen-bond acceptors (Lipinski definition) is 6. The van der Waals surface area contributed by atoms with Crippen LogP contribution in [0, 0.1) is 24.7 Å². The lowest BCUT2D eigenvalue weighted by Crippen LogP contribution is -2.45. The molecule has 2 unspecified atom stereocenters. The molecule has 8 nitrogen and oxygen atoms in total. The first-order valence-corrected chi connectivity index (χ1v) is 13.0. The van der Waals surface area contributed by atoms with E-state index in [4.69, 9.17) is 9.72 Å². The Kier molecular flexibility index (Phi) is 5.08. The van der Waals surface area contributed by atoms with Gasteiger partial charge in [0.2, 0.25) is 5.95 Å². The number of aliphatic carboxylic acids is 1. The number of pyridine rings is 1. The highest BCUT2D eigenvalue weighted by molar-refractivity contribution is 5.72. The van der Waals surface area contributed by atoms with Gasteiger partial charge >= 0.3 is 5.97 Å². The molecule has 8 heteroatoms. The normalized spacial score (nSPS) is 26.5. The Balaban J connectivity index is 1.19. The first-order valence-electron chi connectivity index (χ1n) is 13.0. The second kappa shape index (κ2) is 8.38. The zero-order chi connectivity index (χ0) is 25.3. The molecule has 37 heavy (non-hydrogen) atoms. The summed E-state index contributed by atoms with van der Waals surface area (Å²) in [6.07, 6.45) is 7.62. The van der Waals surface area contributed by atoms with Gasteiger partial charge in [-0.05, 0) is 61.8 Å². The lowest BCUT2D eigenvalue weighted by Gasteiger charge is -2.35. The molecule has 1 saturated heterocycles. The van der Waals surface area contributed by atoms with Gasteiger partial charge in [0.1, 0.15) is 11.8 Å². The van der Waals surface area contributed by atoms with Crippen LogP contribution in [0.15, 0.2) is 55.0 Å². The number of ether oxygens (including phenoxy) is 1. The first kappa shape index (κ1) is 22.4. The number of nitrogens with zero attached hydrogens (tertiary/aromatic N) is 5. The van der Waals surface area contributed by atoms with Gasteiger partial charge in [-0.3, -0.25) is 4.79 Å². The van der Waals surface area contributed by atoms with E-state index < -0.39 is 5.97 Å². The summed E-state index contributed by atoms with van der Waals surface area (Å²) >= 11 is 0. The predicted octanol–water partition coefficient (Wildman–Crippen LogP) is 4.83. The number of aromatic nitrogens is 4. The molecule has 7 rings (SSSR count). The molecular weight excluding hydrogens is 466 g/mol. The molecular formula is C29H29N5O3. The minimum atomic E-state index is -0.658. The quantitative estimate of drug-likeness (QED) is 0.434. The van der Waals surface area contributed by atoms with E-state index in [-0.39, 0.29) is 30.0 Å². The van der Waals surface area contributed by atoms with Gasteiger partial charge in [0.05, 0.1) is 23.4 Å². The van der Waals surface area contributed by atoms with E-state index in [0.29, 0.717) is 19.0 Å². The van der Waals surface area contributed by atoms with Gasteiger partial charge in [-0.2, -0.15) is 0 Å². The van der Waals surface area contributed by atoms with Gasteiger partial charge in [-0.15, -0.1) is 0 Å². The molecule has 1 N–H and O–H groups in total. The summed E-state index contributed by atoms with van der Waals surface area (Å²) in [5.74, 6) is 0.142. The summed E-state index contributed by atoms with van der Waals surface area (Å²) in [7, 11) is 0. The molecule has 4 aromatic rings. The first-order chi connectivity index (χ1) is 18.0. The van der Waals surface area contributed by atoms with E-state index in [1.807, 2.05) is 25.4 Å². The molecule has 0 radical (unpaired) electrons. The van der Waals surface area contributed by atoms with E-state index in [1.54, 1.807) is 0 Å². The van der Waals surface area contributed by atoms with Crippen molar-refractivity contribution in [3.63, 3.8) is 0 Å². The zero-order valence-electron chi connectivity index (χ0n) is 20.9. The van der Waals surface area contributed by atoms with E-state index in [9.17, 15) is 9.90 Å². The largest absolute Gasteiger partial charge is 0.481 e. The maximum Gasteiger partial charge on any atom is 0.307 e. The highest BCUT2D eigenvalue weighted by Crippen LogP contribution is 2.44. The fraction of sp³-hybridized carbons (Fsp3) is 0.379. The number of fused-ring (bicyclic) bond motifs is 4. The number of rotatable bonds is 4. The molecule has 2 bridgehead atoms. The molecule has 0 spiro atoms. The van der Waals surface area contributed by atoms with E-state index in [1.165, 1.54) is 11.1 Å². The predicted molar refractivity (Wildman–Crippen MR) is 138 cm³/mol. The summed E-state index contributed by atoms with van der Waals surface area (Å²) in [5.41, 5.74) is 7.22. The number of anilines is 1. The van der Waals surface area contributed by atoms with Crippen LogP contribution < -0.4 is 4.90 Å². The van der Waals surface area contributed by atoms with Gasteiger partial charge in [-0.1, -0.05) is 24.3 Å². The third-order valence-corrected chi connectivity index (χ3v) is 8.52. The zero-order valence-corrected chi connectivity index (χ0v) is 20.9. The van der Waals surface area contributed by atoms with Gasteiger partial charge in [0, 0.05) is 42.8 Å². The van der Waals surface area contributed by atoms with Crippen LogP contribution >= 0.6 is 0 Å². The fourth-order valence-corrected chi connectivity index (χ4v) is 6.77. The Labute approximate surface area is 215 Å². The molecule has 3 aromatic heterocycles. The van der Waals surface area contributed by atoms with Crippen molar-refractivity contribution < 1.29 is 14.6 Å². The molecule has 3 aliphatic rings. The Morgan fingerprint density at radius 1 is 1.00 bits per heavy atom. The third-order valence-electron chi connectivity index (χ3n) is 8.52. The number of imidazole rings is 1. The Morgan fingerprint density at radius 3 is 2.41 bits per heavy atom. The topological polar surface area (TPSA) is 92.9 Å². The van der Waals surface area contributed by atoms with Crippen LogP contribution in [0.3, 0.4) is 0 Å². The average Bonchev–Trinajstić information content (AvgIpc) is 3.51. The number of hydrogen-bond donors (Lipinski definition) is 1. The second-order valence-electron chi connectivity index (χ2n) is 10.7. The molecule has 2 aliphatic heterocycles. The lowest BCUT2D eigenvalue weighted by molar-refractivity contribution is -0.144. The molecule has 5 heterocycles. The number of carboxylic acids is 1.